The van der Waals surface area contributed by atoms with E-state index in [9.17, 15) is 14.4 Å². The van der Waals surface area contributed by atoms with E-state index in [0.717, 1.165) is 4.90 Å². The Morgan fingerprint density at radius 1 is 1.00 bits per heavy atom. The first kappa shape index (κ1) is 18.2. The Bertz CT molecular complexity index is 965. The molecule has 2 aromatic carbocycles. The number of Topliss-reactive ketones (excluding diaryl/α,β-unsaturated/α-hetero) is 1. The highest BCUT2D eigenvalue weighted by molar-refractivity contribution is 6.53. The van der Waals surface area contributed by atoms with Gasteiger partial charge < -0.3 is 5.32 Å². The summed E-state index contributed by atoms with van der Waals surface area (Å²) in [6.45, 7) is 3.22. The zero-order chi connectivity index (χ0) is 19.0. The summed E-state index contributed by atoms with van der Waals surface area (Å²) in [4.78, 5) is 37.6. The summed E-state index contributed by atoms with van der Waals surface area (Å²) >= 11 is 12.0. The molecule has 1 aliphatic heterocycles. The van der Waals surface area contributed by atoms with Gasteiger partial charge in [-0.1, -0.05) is 23.2 Å². The third-order valence-electron chi connectivity index (χ3n) is 3.99. The highest BCUT2D eigenvalue weighted by Gasteiger charge is 2.39. The molecule has 26 heavy (non-hydrogen) atoms. The minimum atomic E-state index is -0.607. The summed E-state index contributed by atoms with van der Waals surface area (Å²) in [6.07, 6.45) is 0. The Balaban J connectivity index is 1.90. The number of nitrogens with zero attached hydrogens (tertiary/aromatic N) is 1. The van der Waals surface area contributed by atoms with Crippen LogP contribution in [0, 0.1) is 6.92 Å². The molecule has 132 valence electrons. The maximum atomic E-state index is 12.8. The number of amides is 2. The van der Waals surface area contributed by atoms with E-state index in [4.69, 9.17) is 23.2 Å². The molecule has 7 heteroatoms. The van der Waals surface area contributed by atoms with Gasteiger partial charge in [-0.25, -0.2) is 4.90 Å². The minimum Gasteiger partial charge on any atom is -0.350 e. The molecule has 0 radical (unpaired) electrons. The predicted octanol–water partition coefficient (Wildman–Crippen LogP) is 4.29. The van der Waals surface area contributed by atoms with Crippen LogP contribution in [0.1, 0.15) is 22.8 Å². The first-order chi connectivity index (χ1) is 12.3. The Labute approximate surface area is 160 Å². The highest BCUT2D eigenvalue weighted by atomic mass is 35.5. The van der Waals surface area contributed by atoms with Crippen molar-refractivity contribution >= 4 is 52.2 Å². The van der Waals surface area contributed by atoms with Gasteiger partial charge >= 0.3 is 0 Å². The standard InChI is InChI=1S/C19H14Cl2N2O3/c1-10-9-13(20)5-8-15(10)23-18(25)16(21)17(19(23)26)22-14-6-3-12(4-7-14)11(2)24/h3-9,22H,1-2H3. The average Bonchev–Trinajstić information content (AvgIpc) is 2.80. The number of benzene rings is 2. The third-order valence-corrected chi connectivity index (χ3v) is 4.57. The normalized spacial score (nSPS) is 14.2. The number of hydrogen-bond acceptors (Lipinski definition) is 4. The lowest BCUT2D eigenvalue weighted by molar-refractivity contribution is -0.120. The van der Waals surface area contributed by atoms with E-state index in [2.05, 4.69) is 5.32 Å². The minimum absolute atomic E-state index is 0.0124. The lowest BCUT2D eigenvalue weighted by Crippen LogP contribution is -2.32. The number of rotatable bonds is 4. The zero-order valence-corrected chi connectivity index (χ0v) is 15.5. The fourth-order valence-electron chi connectivity index (χ4n) is 2.63. The summed E-state index contributed by atoms with van der Waals surface area (Å²) in [7, 11) is 0. The molecule has 0 bridgehead atoms. The monoisotopic (exact) mass is 388 g/mol. The molecule has 1 aliphatic rings. The maximum absolute atomic E-state index is 12.8. The molecule has 1 N–H and O–H groups in total. The van der Waals surface area contributed by atoms with Crippen LogP contribution in [0.2, 0.25) is 5.02 Å². The molecule has 5 nitrogen and oxygen atoms in total. The van der Waals surface area contributed by atoms with Gasteiger partial charge in [-0.2, -0.15) is 0 Å². The first-order valence-corrected chi connectivity index (χ1v) is 8.48. The van der Waals surface area contributed by atoms with E-state index in [-0.39, 0.29) is 16.5 Å². The maximum Gasteiger partial charge on any atom is 0.283 e. The van der Waals surface area contributed by atoms with Gasteiger partial charge in [0.2, 0.25) is 0 Å². The Morgan fingerprint density at radius 2 is 1.65 bits per heavy atom. The number of carbonyl (C=O) groups is 3. The summed E-state index contributed by atoms with van der Waals surface area (Å²) in [5, 5.41) is 3.18. The number of ketones is 1. The van der Waals surface area contributed by atoms with Crippen molar-refractivity contribution in [1.82, 2.24) is 0 Å². The SMILES string of the molecule is CC(=O)c1ccc(NC2=C(Cl)C(=O)N(c3ccc(Cl)cc3C)C2=O)cc1. The molecule has 0 spiro atoms. The Kier molecular flexibility index (Phi) is 4.85. The molecule has 0 fully saturated rings. The number of halogens is 2. The van der Waals surface area contributed by atoms with Crippen LogP contribution in [-0.4, -0.2) is 17.6 Å². The van der Waals surface area contributed by atoms with E-state index in [1.54, 1.807) is 49.4 Å². The van der Waals surface area contributed by atoms with Crippen LogP contribution in [0.5, 0.6) is 0 Å². The molecule has 0 aliphatic carbocycles. The van der Waals surface area contributed by atoms with E-state index in [0.29, 0.717) is 27.5 Å². The molecule has 0 atom stereocenters. The van der Waals surface area contributed by atoms with Crippen molar-refractivity contribution in [3.05, 3.63) is 69.3 Å². The fraction of sp³-hybridized carbons (Fsp3) is 0.105. The van der Waals surface area contributed by atoms with Gasteiger partial charge in [0.15, 0.2) is 5.78 Å². The van der Waals surface area contributed by atoms with E-state index >= 15 is 0 Å². The number of imide groups is 1. The number of nitrogens with one attached hydrogen (secondary N) is 1. The van der Waals surface area contributed by atoms with Crippen LogP contribution in [0.3, 0.4) is 0 Å². The third kappa shape index (κ3) is 3.23. The van der Waals surface area contributed by atoms with Gasteiger partial charge in [-0.3, -0.25) is 14.4 Å². The van der Waals surface area contributed by atoms with Crippen LogP contribution in [0.4, 0.5) is 11.4 Å². The van der Waals surface area contributed by atoms with Gasteiger partial charge in [0.05, 0.1) is 5.69 Å². The Hall–Kier alpha value is -2.63. The number of hydrogen-bond donors (Lipinski definition) is 1. The van der Waals surface area contributed by atoms with Crippen LogP contribution in [0.25, 0.3) is 0 Å². The summed E-state index contributed by atoms with van der Waals surface area (Å²) in [6, 6.07) is 11.4. The predicted molar refractivity (Wildman–Crippen MR) is 102 cm³/mol. The van der Waals surface area contributed by atoms with Crippen molar-refractivity contribution in [2.45, 2.75) is 13.8 Å². The summed E-state index contributed by atoms with van der Waals surface area (Å²) < 4.78 is 0. The molecule has 2 amide bonds. The summed E-state index contributed by atoms with van der Waals surface area (Å²) in [5.41, 5.74) is 2.17. The molecular weight excluding hydrogens is 375 g/mol. The highest BCUT2D eigenvalue weighted by Crippen LogP contribution is 2.33. The molecule has 0 unspecified atom stereocenters. The molecule has 3 rings (SSSR count). The second-order valence-corrected chi connectivity index (χ2v) is 6.64. The second-order valence-electron chi connectivity index (χ2n) is 5.82. The fourth-order valence-corrected chi connectivity index (χ4v) is 3.07. The smallest absolute Gasteiger partial charge is 0.283 e. The largest absolute Gasteiger partial charge is 0.350 e. The molecule has 0 saturated carbocycles. The topological polar surface area (TPSA) is 66.5 Å². The average molecular weight is 389 g/mol. The molecule has 2 aromatic rings. The number of anilines is 2. The Morgan fingerprint density at radius 3 is 2.23 bits per heavy atom. The lowest BCUT2D eigenvalue weighted by atomic mass is 10.1. The number of aryl methyl sites for hydroxylation is 1. The molecule has 1 heterocycles. The van der Waals surface area contributed by atoms with E-state index < -0.39 is 11.8 Å². The van der Waals surface area contributed by atoms with Gasteiger partial charge in [-0.05, 0) is 61.9 Å². The van der Waals surface area contributed by atoms with E-state index in [1.165, 1.54) is 6.92 Å². The van der Waals surface area contributed by atoms with Gasteiger partial charge in [0.1, 0.15) is 10.7 Å². The van der Waals surface area contributed by atoms with Gasteiger partial charge in [-0.15, -0.1) is 0 Å². The lowest BCUT2D eigenvalue weighted by Gasteiger charge is -2.17. The van der Waals surface area contributed by atoms with Gasteiger partial charge in [0.25, 0.3) is 11.8 Å². The van der Waals surface area contributed by atoms with Crippen LogP contribution in [-0.2, 0) is 9.59 Å². The zero-order valence-electron chi connectivity index (χ0n) is 14.0. The van der Waals surface area contributed by atoms with Crippen LogP contribution >= 0.6 is 23.2 Å². The first-order valence-electron chi connectivity index (χ1n) is 7.72. The van der Waals surface area contributed by atoms with Crippen molar-refractivity contribution < 1.29 is 14.4 Å². The van der Waals surface area contributed by atoms with Crippen LogP contribution < -0.4 is 10.2 Å². The quantitative estimate of drug-likeness (QED) is 0.626. The van der Waals surface area contributed by atoms with Crippen molar-refractivity contribution in [2.24, 2.45) is 0 Å². The summed E-state index contributed by atoms with van der Waals surface area (Å²) in [5.74, 6) is -1.23. The van der Waals surface area contributed by atoms with Crippen molar-refractivity contribution in [3.63, 3.8) is 0 Å². The molecular formula is C19H14Cl2N2O3. The van der Waals surface area contributed by atoms with Gasteiger partial charge in [0, 0.05) is 16.3 Å². The number of carbonyl (C=O) groups excluding carboxylic acids is 3. The van der Waals surface area contributed by atoms with Crippen LogP contribution in [0.15, 0.2) is 53.2 Å². The second kappa shape index (κ2) is 6.94. The van der Waals surface area contributed by atoms with Crippen molar-refractivity contribution in [2.75, 3.05) is 10.2 Å². The van der Waals surface area contributed by atoms with Crippen molar-refractivity contribution in [1.29, 1.82) is 0 Å². The van der Waals surface area contributed by atoms with E-state index in [1.807, 2.05) is 0 Å². The molecule has 0 saturated heterocycles. The van der Waals surface area contributed by atoms with Crippen molar-refractivity contribution in [3.8, 4) is 0 Å². The molecule has 0 aromatic heterocycles.